The number of hydrogen-bond acceptors (Lipinski definition) is 2. The van der Waals surface area contributed by atoms with Crippen LogP contribution in [-0.2, 0) is 5.88 Å². The van der Waals surface area contributed by atoms with Crippen LogP contribution in [0.2, 0.25) is 0 Å². The van der Waals surface area contributed by atoms with Gasteiger partial charge in [0.15, 0.2) is 11.6 Å². The van der Waals surface area contributed by atoms with Gasteiger partial charge in [-0.05, 0) is 18.4 Å². The van der Waals surface area contributed by atoms with Crippen LogP contribution in [0.25, 0.3) is 0 Å². The molecule has 0 spiro atoms. The second kappa shape index (κ2) is 5.21. The van der Waals surface area contributed by atoms with E-state index in [2.05, 4.69) is 32.7 Å². The molecular formula is C13H20ClFN2. The minimum atomic E-state index is -0.318. The zero-order valence-corrected chi connectivity index (χ0v) is 11.8. The lowest BCUT2D eigenvalue weighted by Crippen LogP contribution is -2.40. The molecule has 0 aliphatic rings. The number of pyridine rings is 1. The lowest BCUT2D eigenvalue weighted by molar-refractivity contribution is 0.326. The number of alkyl halides is 1. The monoisotopic (exact) mass is 258 g/mol. The van der Waals surface area contributed by atoms with Crippen LogP contribution in [0.4, 0.5) is 10.2 Å². The molecule has 0 saturated carbocycles. The van der Waals surface area contributed by atoms with Crippen molar-refractivity contribution < 1.29 is 4.39 Å². The Kier molecular flexibility index (Phi) is 4.36. The molecule has 1 atom stereocenters. The topological polar surface area (TPSA) is 16.1 Å². The Hall–Kier alpha value is -0.830. The van der Waals surface area contributed by atoms with Gasteiger partial charge in [-0.2, -0.15) is 0 Å². The zero-order valence-electron chi connectivity index (χ0n) is 11.1. The molecule has 1 rings (SSSR count). The lowest BCUT2D eigenvalue weighted by Gasteiger charge is -2.36. The van der Waals surface area contributed by atoms with Crippen LogP contribution in [0.15, 0.2) is 12.3 Å². The molecule has 0 aromatic carbocycles. The maximum absolute atomic E-state index is 14.1. The molecule has 0 aliphatic heterocycles. The van der Waals surface area contributed by atoms with Gasteiger partial charge in [0.25, 0.3) is 0 Å². The highest BCUT2D eigenvalue weighted by Gasteiger charge is 2.26. The van der Waals surface area contributed by atoms with Crippen molar-refractivity contribution in [1.82, 2.24) is 4.98 Å². The summed E-state index contributed by atoms with van der Waals surface area (Å²) in [6, 6.07) is 1.79. The van der Waals surface area contributed by atoms with Gasteiger partial charge in [0, 0.05) is 24.8 Å². The Bertz CT molecular complexity index is 387. The highest BCUT2D eigenvalue weighted by atomic mass is 35.5. The molecule has 0 saturated heterocycles. The highest BCUT2D eigenvalue weighted by molar-refractivity contribution is 6.17. The molecule has 0 bridgehead atoms. The molecule has 17 heavy (non-hydrogen) atoms. The van der Waals surface area contributed by atoms with E-state index in [4.69, 9.17) is 11.6 Å². The molecule has 4 heteroatoms. The molecule has 0 radical (unpaired) electrons. The number of rotatable bonds is 3. The van der Waals surface area contributed by atoms with E-state index in [1.54, 1.807) is 12.3 Å². The molecule has 96 valence electrons. The van der Waals surface area contributed by atoms with E-state index in [-0.39, 0.29) is 23.2 Å². The quantitative estimate of drug-likeness (QED) is 0.766. The summed E-state index contributed by atoms with van der Waals surface area (Å²) in [5, 5.41) is 0. The molecule has 1 unspecified atom stereocenters. The van der Waals surface area contributed by atoms with Crippen molar-refractivity contribution in [2.45, 2.75) is 39.6 Å². The first-order valence-electron chi connectivity index (χ1n) is 5.71. The van der Waals surface area contributed by atoms with Crippen molar-refractivity contribution >= 4 is 17.4 Å². The smallest absolute Gasteiger partial charge is 0.170 e. The summed E-state index contributed by atoms with van der Waals surface area (Å²) in [5.74, 6) is 0.214. The molecule has 0 amide bonds. The van der Waals surface area contributed by atoms with Crippen LogP contribution >= 0.6 is 11.6 Å². The first-order chi connectivity index (χ1) is 7.79. The van der Waals surface area contributed by atoms with Crippen molar-refractivity contribution in [2.75, 3.05) is 11.9 Å². The van der Waals surface area contributed by atoms with Crippen LogP contribution in [0.1, 0.15) is 33.3 Å². The summed E-state index contributed by atoms with van der Waals surface area (Å²) >= 11 is 5.69. The summed E-state index contributed by atoms with van der Waals surface area (Å²) in [6.45, 7) is 8.43. The SMILES string of the molecule is CC(N(C)c1nccc(CCl)c1F)C(C)(C)C. The van der Waals surface area contributed by atoms with E-state index in [9.17, 15) is 4.39 Å². The van der Waals surface area contributed by atoms with Gasteiger partial charge in [0.2, 0.25) is 0 Å². The average molecular weight is 259 g/mol. The van der Waals surface area contributed by atoms with Crippen molar-refractivity contribution in [2.24, 2.45) is 5.41 Å². The molecule has 0 N–H and O–H groups in total. The second-order valence-corrected chi connectivity index (χ2v) is 5.66. The van der Waals surface area contributed by atoms with E-state index in [1.165, 1.54) is 0 Å². The van der Waals surface area contributed by atoms with E-state index < -0.39 is 0 Å². The minimum absolute atomic E-state index is 0.0554. The third kappa shape index (κ3) is 3.09. The summed E-state index contributed by atoms with van der Waals surface area (Å²) in [6.07, 6.45) is 1.60. The maximum Gasteiger partial charge on any atom is 0.170 e. The standard InChI is InChI=1S/C13H20ClFN2/c1-9(13(2,3)4)17(5)12-11(15)10(8-14)6-7-16-12/h6-7,9H,8H2,1-5H3. The van der Waals surface area contributed by atoms with Gasteiger partial charge in [-0.25, -0.2) is 9.37 Å². The first-order valence-corrected chi connectivity index (χ1v) is 6.24. The second-order valence-electron chi connectivity index (χ2n) is 5.39. The first kappa shape index (κ1) is 14.2. The summed E-state index contributed by atoms with van der Waals surface area (Å²) in [4.78, 5) is 5.98. The van der Waals surface area contributed by atoms with Gasteiger partial charge >= 0.3 is 0 Å². The molecule has 1 aromatic rings. The van der Waals surface area contributed by atoms with Crippen molar-refractivity contribution in [3.8, 4) is 0 Å². The Morgan fingerprint density at radius 1 is 1.47 bits per heavy atom. The Balaban J connectivity index is 3.08. The molecule has 2 nitrogen and oxygen atoms in total. The number of halogens is 2. The third-order valence-corrected chi connectivity index (χ3v) is 3.55. The molecule has 1 aromatic heterocycles. The van der Waals surface area contributed by atoms with Gasteiger partial charge in [0.1, 0.15) is 0 Å². The van der Waals surface area contributed by atoms with Crippen molar-refractivity contribution in [3.63, 3.8) is 0 Å². The highest BCUT2D eigenvalue weighted by Crippen LogP contribution is 2.28. The normalized spacial score (nSPS) is 13.6. The van der Waals surface area contributed by atoms with Crippen LogP contribution in [0.5, 0.6) is 0 Å². The van der Waals surface area contributed by atoms with Gasteiger partial charge in [-0.1, -0.05) is 20.8 Å². The Labute approximate surface area is 108 Å². The Morgan fingerprint density at radius 3 is 2.53 bits per heavy atom. The lowest BCUT2D eigenvalue weighted by atomic mass is 9.87. The van der Waals surface area contributed by atoms with E-state index in [0.29, 0.717) is 11.4 Å². The summed E-state index contributed by atoms with van der Waals surface area (Å²) in [7, 11) is 1.86. The van der Waals surface area contributed by atoms with Gasteiger partial charge < -0.3 is 4.90 Å². The number of aromatic nitrogens is 1. The number of hydrogen-bond donors (Lipinski definition) is 0. The van der Waals surface area contributed by atoms with Gasteiger partial charge in [0.05, 0.1) is 5.88 Å². The number of anilines is 1. The average Bonchev–Trinajstić information content (AvgIpc) is 2.26. The molecule has 1 heterocycles. The van der Waals surface area contributed by atoms with Crippen LogP contribution in [0.3, 0.4) is 0 Å². The van der Waals surface area contributed by atoms with Crippen LogP contribution in [-0.4, -0.2) is 18.1 Å². The summed E-state index contributed by atoms with van der Waals surface area (Å²) in [5.41, 5.74) is 0.546. The maximum atomic E-state index is 14.1. The number of nitrogens with zero attached hydrogens (tertiary/aromatic N) is 2. The van der Waals surface area contributed by atoms with Crippen LogP contribution < -0.4 is 4.90 Å². The summed E-state index contributed by atoms with van der Waals surface area (Å²) < 4.78 is 14.1. The fourth-order valence-electron chi connectivity index (χ4n) is 1.58. The van der Waals surface area contributed by atoms with Gasteiger partial charge in [-0.15, -0.1) is 11.6 Å². The molecule has 0 aliphatic carbocycles. The van der Waals surface area contributed by atoms with Crippen molar-refractivity contribution in [1.29, 1.82) is 0 Å². The third-order valence-electron chi connectivity index (χ3n) is 3.26. The molecular weight excluding hydrogens is 239 g/mol. The zero-order chi connectivity index (χ0) is 13.2. The van der Waals surface area contributed by atoms with E-state index in [1.807, 2.05) is 11.9 Å². The Morgan fingerprint density at radius 2 is 2.06 bits per heavy atom. The van der Waals surface area contributed by atoms with E-state index in [0.717, 1.165) is 0 Å². The van der Waals surface area contributed by atoms with E-state index >= 15 is 0 Å². The largest absolute Gasteiger partial charge is 0.354 e. The molecule has 0 fully saturated rings. The van der Waals surface area contributed by atoms with Crippen LogP contribution in [0, 0.1) is 11.2 Å². The fraction of sp³-hybridized carbons (Fsp3) is 0.615. The predicted octanol–water partition coefficient (Wildman–Crippen LogP) is 3.83. The minimum Gasteiger partial charge on any atom is -0.354 e. The predicted molar refractivity (Wildman–Crippen MR) is 71.1 cm³/mol. The van der Waals surface area contributed by atoms with Crippen molar-refractivity contribution in [3.05, 3.63) is 23.6 Å². The van der Waals surface area contributed by atoms with Gasteiger partial charge in [-0.3, -0.25) is 0 Å². The fourth-order valence-corrected chi connectivity index (χ4v) is 1.79.